The number of anilines is 4. The summed E-state index contributed by atoms with van der Waals surface area (Å²) in [6, 6.07) is 33.0. The van der Waals surface area contributed by atoms with Gasteiger partial charge >= 0.3 is 0 Å². The van der Waals surface area contributed by atoms with Crippen molar-refractivity contribution < 1.29 is 9.59 Å². The minimum absolute atomic E-state index is 0.0829. The van der Waals surface area contributed by atoms with E-state index in [4.69, 9.17) is 0 Å². The molecule has 3 heterocycles. The van der Waals surface area contributed by atoms with Crippen LogP contribution in [0, 0.1) is 0 Å². The molecule has 3 aliphatic rings. The molecular formula is C32H28N4O2S2. The quantitative estimate of drug-likeness (QED) is 0.292. The Hall–Kier alpha value is -3.88. The molecule has 40 heavy (non-hydrogen) atoms. The third-order valence-electron chi connectivity index (χ3n) is 7.64. The Labute approximate surface area is 242 Å². The predicted octanol–water partition coefficient (Wildman–Crippen LogP) is 6.26. The summed E-state index contributed by atoms with van der Waals surface area (Å²) in [5, 5.41) is 0. The number of amides is 2. The smallest absolute Gasteiger partial charge is 0.242 e. The molecule has 2 amide bonds. The van der Waals surface area contributed by atoms with Gasteiger partial charge < -0.3 is 19.6 Å². The van der Waals surface area contributed by atoms with Gasteiger partial charge in [0.25, 0.3) is 0 Å². The highest BCUT2D eigenvalue weighted by Gasteiger charge is 2.31. The summed E-state index contributed by atoms with van der Waals surface area (Å²) < 4.78 is 0. The van der Waals surface area contributed by atoms with Gasteiger partial charge in [-0.1, -0.05) is 72.1 Å². The number of carbonyl (C=O) groups is 2. The Morgan fingerprint density at radius 2 is 0.750 bits per heavy atom. The summed E-state index contributed by atoms with van der Waals surface area (Å²) in [5.74, 6) is 0.166. The van der Waals surface area contributed by atoms with E-state index in [-0.39, 0.29) is 24.9 Å². The molecule has 0 spiro atoms. The fourth-order valence-corrected chi connectivity index (χ4v) is 7.77. The second-order valence-corrected chi connectivity index (χ2v) is 12.2. The summed E-state index contributed by atoms with van der Waals surface area (Å²) >= 11 is 3.48. The fourth-order valence-electron chi connectivity index (χ4n) is 5.58. The number of para-hydroxylation sites is 4. The molecule has 200 valence electrons. The van der Waals surface area contributed by atoms with E-state index in [1.807, 2.05) is 58.3 Å². The highest BCUT2D eigenvalue weighted by molar-refractivity contribution is 8.00. The number of benzene rings is 4. The molecule has 4 aromatic rings. The summed E-state index contributed by atoms with van der Waals surface area (Å²) in [6.45, 7) is 2.72. The molecule has 0 aliphatic carbocycles. The normalized spacial score (nSPS) is 15.6. The number of hydrogen-bond donors (Lipinski definition) is 0. The van der Waals surface area contributed by atoms with Crippen LogP contribution in [0.15, 0.2) is 117 Å². The van der Waals surface area contributed by atoms with Gasteiger partial charge in [0.05, 0.1) is 22.7 Å². The van der Waals surface area contributed by atoms with Gasteiger partial charge in [-0.25, -0.2) is 0 Å². The van der Waals surface area contributed by atoms with Crippen LogP contribution in [-0.2, 0) is 9.59 Å². The topological polar surface area (TPSA) is 47.1 Å². The molecule has 0 radical (unpaired) electrons. The van der Waals surface area contributed by atoms with Crippen molar-refractivity contribution in [3.05, 3.63) is 97.1 Å². The van der Waals surface area contributed by atoms with E-state index in [2.05, 4.69) is 58.3 Å². The molecule has 7 rings (SSSR count). The van der Waals surface area contributed by atoms with Crippen molar-refractivity contribution >= 4 is 58.1 Å². The minimum Gasteiger partial charge on any atom is -0.338 e. The van der Waals surface area contributed by atoms with Gasteiger partial charge in [-0.05, 0) is 48.5 Å². The van der Waals surface area contributed by atoms with Crippen LogP contribution in [0.5, 0.6) is 0 Å². The Kier molecular flexibility index (Phi) is 6.65. The first-order valence-corrected chi connectivity index (χ1v) is 15.1. The van der Waals surface area contributed by atoms with Crippen LogP contribution in [-0.4, -0.2) is 60.9 Å². The van der Waals surface area contributed by atoms with Crippen LogP contribution in [0.2, 0.25) is 0 Å². The van der Waals surface area contributed by atoms with Gasteiger partial charge in [0.15, 0.2) is 0 Å². The van der Waals surface area contributed by atoms with Gasteiger partial charge in [-0.2, -0.15) is 0 Å². The lowest BCUT2D eigenvalue weighted by Gasteiger charge is -2.39. The molecule has 0 saturated carbocycles. The molecule has 0 aromatic heterocycles. The first kappa shape index (κ1) is 25.1. The number of piperazine rings is 1. The van der Waals surface area contributed by atoms with E-state index in [1.165, 1.54) is 0 Å². The Morgan fingerprint density at radius 1 is 0.475 bits per heavy atom. The van der Waals surface area contributed by atoms with Crippen molar-refractivity contribution in [1.29, 1.82) is 0 Å². The molecular weight excluding hydrogens is 537 g/mol. The molecule has 0 atom stereocenters. The molecule has 0 bridgehead atoms. The van der Waals surface area contributed by atoms with Crippen LogP contribution in [0.3, 0.4) is 0 Å². The van der Waals surface area contributed by atoms with Crippen molar-refractivity contribution in [2.75, 3.05) is 49.1 Å². The Bertz CT molecular complexity index is 1390. The third kappa shape index (κ3) is 4.61. The molecule has 4 aromatic carbocycles. The molecule has 1 saturated heterocycles. The zero-order valence-electron chi connectivity index (χ0n) is 21.9. The second kappa shape index (κ2) is 10.6. The fraction of sp³-hybridized carbons (Fsp3) is 0.188. The second-order valence-electron chi connectivity index (χ2n) is 10.0. The first-order valence-electron chi connectivity index (χ1n) is 13.5. The average Bonchev–Trinajstić information content (AvgIpc) is 3.00. The lowest BCUT2D eigenvalue weighted by Crippen LogP contribution is -2.54. The summed E-state index contributed by atoms with van der Waals surface area (Å²) in [7, 11) is 0. The van der Waals surface area contributed by atoms with Gasteiger partial charge in [-0.3, -0.25) is 9.59 Å². The van der Waals surface area contributed by atoms with Crippen LogP contribution < -0.4 is 9.80 Å². The van der Waals surface area contributed by atoms with Crippen molar-refractivity contribution in [2.24, 2.45) is 0 Å². The zero-order chi connectivity index (χ0) is 27.1. The lowest BCUT2D eigenvalue weighted by molar-refractivity contribution is -0.137. The number of fused-ring (bicyclic) bond motifs is 4. The molecule has 1 fully saturated rings. The summed E-state index contributed by atoms with van der Waals surface area (Å²) in [5.41, 5.74) is 4.25. The molecule has 8 heteroatoms. The molecule has 6 nitrogen and oxygen atoms in total. The Balaban J connectivity index is 1.02. The SMILES string of the molecule is O=C(CN1c2ccccc2Sc2ccccc21)N1CCN(C(=O)CN2c3ccccc3Sc3ccccc32)CC1. The highest BCUT2D eigenvalue weighted by atomic mass is 32.2. The molecule has 0 N–H and O–H groups in total. The predicted molar refractivity (Wildman–Crippen MR) is 161 cm³/mol. The van der Waals surface area contributed by atoms with Crippen molar-refractivity contribution in [2.45, 2.75) is 19.6 Å². The maximum atomic E-state index is 13.5. The third-order valence-corrected chi connectivity index (χ3v) is 9.90. The van der Waals surface area contributed by atoms with Gasteiger partial charge in [0.1, 0.15) is 13.1 Å². The Morgan fingerprint density at radius 3 is 1.05 bits per heavy atom. The van der Waals surface area contributed by atoms with Crippen LogP contribution in [0.4, 0.5) is 22.7 Å². The van der Waals surface area contributed by atoms with Gasteiger partial charge in [0, 0.05) is 45.8 Å². The van der Waals surface area contributed by atoms with E-state index in [9.17, 15) is 9.59 Å². The van der Waals surface area contributed by atoms with Gasteiger partial charge in [-0.15, -0.1) is 0 Å². The lowest BCUT2D eigenvalue weighted by atomic mass is 10.2. The average molecular weight is 565 g/mol. The van der Waals surface area contributed by atoms with E-state index in [0.29, 0.717) is 26.2 Å². The summed E-state index contributed by atoms with van der Waals surface area (Å²) in [4.78, 5) is 39.7. The highest BCUT2D eigenvalue weighted by Crippen LogP contribution is 2.48. The maximum Gasteiger partial charge on any atom is 0.242 e. The standard InChI is InChI=1S/C32H28N4O2S2/c37-31(21-35-23-9-1-5-13-27(23)39-28-14-6-2-10-24(28)35)33-17-19-34(20-18-33)32(38)22-36-25-11-3-7-15-29(25)40-30-16-8-4-12-26(30)36/h1-16H,17-22H2. The van der Waals surface area contributed by atoms with Crippen molar-refractivity contribution in [3.63, 3.8) is 0 Å². The minimum atomic E-state index is 0.0829. The number of hydrogen-bond acceptors (Lipinski definition) is 6. The largest absolute Gasteiger partial charge is 0.338 e. The van der Waals surface area contributed by atoms with Crippen molar-refractivity contribution in [1.82, 2.24) is 9.80 Å². The van der Waals surface area contributed by atoms with Gasteiger partial charge in [0.2, 0.25) is 11.8 Å². The molecule has 0 unspecified atom stereocenters. The van der Waals surface area contributed by atoms with E-state index < -0.39 is 0 Å². The molecule has 3 aliphatic heterocycles. The summed E-state index contributed by atoms with van der Waals surface area (Å²) in [6.07, 6.45) is 0. The number of rotatable bonds is 4. The number of carbonyl (C=O) groups excluding carboxylic acids is 2. The number of nitrogens with zero attached hydrogens (tertiary/aromatic N) is 4. The van der Waals surface area contributed by atoms with E-state index in [0.717, 1.165) is 42.3 Å². The van der Waals surface area contributed by atoms with E-state index in [1.54, 1.807) is 23.5 Å². The van der Waals surface area contributed by atoms with Crippen LogP contribution in [0.25, 0.3) is 0 Å². The van der Waals surface area contributed by atoms with E-state index >= 15 is 0 Å². The van der Waals surface area contributed by atoms with Crippen molar-refractivity contribution in [3.8, 4) is 0 Å². The van der Waals surface area contributed by atoms with Crippen LogP contribution in [0.1, 0.15) is 0 Å². The maximum absolute atomic E-state index is 13.5. The monoisotopic (exact) mass is 564 g/mol. The first-order chi connectivity index (χ1) is 19.7. The zero-order valence-corrected chi connectivity index (χ0v) is 23.5. The van der Waals surface area contributed by atoms with Crippen LogP contribution >= 0.6 is 23.5 Å².